The van der Waals surface area contributed by atoms with Gasteiger partial charge in [0.15, 0.2) is 0 Å². The van der Waals surface area contributed by atoms with Crippen molar-refractivity contribution in [3.8, 4) is 0 Å². The molecule has 0 radical (unpaired) electrons. The van der Waals surface area contributed by atoms with E-state index in [1.165, 1.54) is 0 Å². The molecule has 6 heteroatoms. The molecule has 0 aromatic heterocycles. The number of esters is 1. The molecule has 0 saturated heterocycles. The Morgan fingerprint density at radius 1 is 1.30 bits per heavy atom. The molecule has 0 bridgehead atoms. The molecule has 1 aromatic carbocycles. The van der Waals surface area contributed by atoms with Crippen LogP contribution in [0, 0.1) is 0 Å². The molecule has 0 fully saturated rings. The maximum Gasteiger partial charge on any atom is 0.340 e. The van der Waals surface area contributed by atoms with Gasteiger partial charge in [0, 0.05) is 25.0 Å². The van der Waals surface area contributed by atoms with E-state index in [4.69, 9.17) is 19.9 Å². The van der Waals surface area contributed by atoms with Crippen LogP contribution in [0.5, 0.6) is 0 Å². The lowest BCUT2D eigenvalue weighted by molar-refractivity contribution is 0.0527. The van der Waals surface area contributed by atoms with Crippen LogP contribution in [0.2, 0.25) is 0 Å². The minimum atomic E-state index is -0.412. The second kappa shape index (κ2) is 9.17. The minimum absolute atomic E-state index is 0.323. The summed E-state index contributed by atoms with van der Waals surface area (Å²) in [7, 11) is 1.63. The highest BCUT2D eigenvalue weighted by atomic mass is 16.5. The summed E-state index contributed by atoms with van der Waals surface area (Å²) in [6.07, 6.45) is 0. The van der Waals surface area contributed by atoms with E-state index in [9.17, 15) is 4.79 Å². The zero-order valence-electron chi connectivity index (χ0n) is 12.0. The molecule has 0 saturated carbocycles. The molecule has 3 N–H and O–H groups in total. The van der Waals surface area contributed by atoms with Gasteiger partial charge in [-0.3, -0.25) is 0 Å². The second-order valence-corrected chi connectivity index (χ2v) is 4.05. The Kier molecular flexibility index (Phi) is 7.46. The first-order chi connectivity index (χ1) is 9.69. The molecule has 0 unspecified atom stereocenters. The van der Waals surface area contributed by atoms with Crippen molar-refractivity contribution in [1.29, 1.82) is 0 Å². The number of nitrogens with one attached hydrogen (secondary N) is 1. The van der Waals surface area contributed by atoms with Crippen LogP contribution in [0.15, 0.2) is 18.2 Å². The molecule has 0 atom stereocenters. The van der Waals surface area contributed by atoms with E-state index in [2.05, 4.69) is 5.32 Å². The quantitative estimate of drug-likeness (QED) is 0.406. The van der Waals surface area contributed by atoms with Crippen LogP contribution in [-0.2, 0) is 14.2 Å². The third-order valence-corrected chi connectivity index (χ3v) is 2.56. The molecular weight excluding hydrogens is 260 g/mol. The van der Waals surface area contributed by atoms with E-state index < -0.39 is 5.97 Å². The third kappa shape index (κ3) is 5.46. The Bertz CT molecular complexity index is 424. The average Bonchev–Trinajstić information content (AvgIpc) is 2.44. The monoisotopic (exact) mass is 282 g/mol. The fourth-order valence-electron chi connectivity index (χ4n) is 1.56. The topological polar surface area (TPSA) is 82.8 Å². The molecule has 0 aliphatic heterocycles. The average molecular weight is 282 g/mol. The molecular formula is C14H22N2O4. The highest BCUT2D eigenvalue weighted by molar-refractivity contribution is 5.96. The fourth-order valence-corrected chi connectivity index (χ4v) is 1.56. The number of ether oxygens (including phenoxy) is 3. The highest BCUT2D eigenvalue weighted by Crippen LogP contribution is 2.18. The van der Waals surface area contributed by atoms with Crippen LogP contribution < -0.4 is 11.1 Å². The first-order valence-corrected chi connectivity index (χ1v) is 6.56. The second-order valence-electron chi connectivity index (χ2n) is 4.05. The molecule has 0 amide bonds. The number of nitrogens with two attached hydrogens (primary N) is 1. The van der Waals surface area contributed by atoms with E-state index in [-0.39, 0.29) is 0 Å². The summed E-state index contributed by atoms with van der Waals surface area (Å²) in [6.45, 7) is 4.41. The normalized spacial score (nSPS) is 10.3. The van der Waals surface area contributed by atoms with Crippen LogP contribution in [0.1, 0.15) is 17.3 Å². The molecule has 1 aromatic rings. The van der Waals surface area contributed by atoms with Gasteiger partial charge in [-0.2, -0.15) is 0 Å². The lowest BCUT2D eigenvalue weighted by Gasteiger charge is -2.10. The summed E-state index contributed by atoms with van der Waals surface area (Å²) < 4.78 is 15.2. The van der Waals surface area contributed by atoms with Gasteiger partial charge in [-0.1, -0.05) is 0 Å². The highest BCUT2D eigenvalue weighted by Gasteiger charge is 2.11. The van der Waals surface area contributed by atoms with E-state index in [1.807, 2.05) is 6.07 Å². The van der Waals surface area contributed by atoms with Gasteiger partial charge < -0.3 is 25.3 Å². The van der Waals surface area contributed by atoms with E-state index in [0.717, 1.165) is 5.69 Å². The van der Waals surface area contributed by atoms with Crippen LogP contribution in [-0.4, -0.2) is 46.1 Å². The lowest BCUT2D eigenvalue weighted by Crippen LogP contribution is -2.13. The van der Waals surface area contributed by atoms with E-state index in [1.54, 1.807) is 26.2 Å². The molecule has 0 heterocycles. The van der Waals surface area contributed by atoms with E-state index in [0.29, 0.717) is 44.2 Å². The number of hydrogen-bond donors (Lipinski definition) is 2. The Labute approximate surface area is 119 Å². The van der Waals surface area contributed by atoms with Crippen molar-refractivity contribution in [3.63, 3.8) is 0 Å². The Morgan fingerprint density at radius 2 is 2.10 bits per heavy atom. The van der Waals surface area contributed by atoms with Gasteiger partial charge in [0.05, 0.1) is 32.0 Å². The minimum Gasteiger partial charge on any atom is -0.462 e. The number of benzene rings is 1. The van der Waals surface area contributed by atoms with Gasteiger partial charge >= 0.3 is 5.97 Å². The van der Waals surface area contributed by atoms with Crippen molar-refractivity contribution < 1.29 is 19.0 Å². The van der Waals surface area contributed by atoms with Crippen molar-refractivity contribution in [2.24, 2.45) is 0 Å². The van der Waals surface area contributed by atoms with Crippen molar-refractivity contribution in [2.45, 2.75) is 6.92 Å². The molecule has 6 nitrogen and oxygen atoms in total. The first kappa shape index (κ1) is 16.3. The number of anilines is 2. The van der Waals surface area contributed by atoms with Crippen LogP contribution in [0.25, 0.3) is 0 Å². The van der Waals surface area contributed by atoms with Gasteiger partial charge in [0.1, 0.15) is 0 Å². The number of carbonyl (C=O) groups excluding carboxylic acids is 1. The van der Waals surface area contributed by atoms with Gasteiger partial charge in [0.2, 0.25) is 0 Å². The maximum absolute atomic E-state index is 11.7. The Morgan fingerprint density at radius 3 is 2.80 bits per heavy atom. The summed E-state index contributed by atoms with van der Waals surface area (Å²) in [5.41, 5.74) is 7.35. The van der Waals surface area contributed by atoms with E-state index >= 15 is 0 Å². The van der Waals surface area contributed by atoms with Gasteiger partial charge in [-0.15, -0.1) is 0 Å². The van der Waals surface area contributed by atoms with Crippen molar-refractivity contribution in [1.82, 2.24) is 0 Å². The summed E-state index contributed by atoms with van der Waals surface area (Å²) in [6, 6.07) is 5.18. The van der Waals surface area contributed by atoms with Gasteiger partial charge in [-0.25, -0.2) is 4.79 Å². The van der Waals surface area contributed by atoms with Crippen LogP contribution in [0.4, 0.5) is 11.4 Å². The summed E-state index contributed by atoms with van der Waals surface area (Å²) in [5.74, 6) is -0.412. The largest absolute Gasteiger partial charge is 0.462 e. The predicted molar refractivity (Wildman–Crippen MR) is 78.0 cm³/mol. The zero-order valence-corrected chi connectivity index (χ0v) is 12.0. The molecule has 0 aliphatic rings. The number of rotatable bonds is 9. The van der Waals surface area contributed by atoms with Crippen LogP contribution in [0.3, 0.4) is 0 Å². The SMILES string of the molecule is CCOC(=O)c1cc(NCCOCCOC)ccc1N. The predicted octanol–water partition coefficient (Wildman–Crippen LogP) is 1.52. The number of nitrogen functional groups attached to an aromatic ring is 1. The molecule has 112 valence electrons. The van der Waals surface area contributed by atoms with Gasteiger partial charge in [0.25, 0.3) is 0 Å². The summed E-state index contributed by atoms with van der Waals surface area (Å²) in [4.78, 5) is 11.7. The third-order valence-electron chi connectivity index (χ3n) is 2.56. The maximum atomic E-state index is 11.7. The smallest absolute Gasteiger partial charge is 0.340 e. The molecule has 0 aliphatic carbocycles. The number of carbonyl (C=O) groups is 1. The molecule has 0 spiro atoms. The number of hydrogen-bond acceptors (Lipinski definition) is 6. The standard InChI is InChI=1S/C14H22N2O4/c1-3-20-14(17)12-10-11(4-5-13(12)15)16-6-7-19-9-8-18-2/h4-5,10,16H,3,6-9,15H2,1-2H3. The lowest BCUT2D eigenvalue weighted by atomic mass is 10.1. The zero-order chi connectivity index (χ0) is 14.8. The van der Waals surface area contributed by atoms with Crippen molar-refractivity contribution in [3.05, 3.63) is 23.8 Å². The molecule has 1 rings (SSSR count). The summed E-state index contributed by atoms with van der Waals surface area (Å²) in [5, 5.41) is 3.16. The fraction of sp³-hybridized carbons (Fsp3) is 0.500. The summed E-state index contributed by atoms with van der Waals surface area (Å²) >= 11 is 0. The molecule has 20 heavy (non-hydrogen) atoms. The van der Waals surface area contributed by atoms with Crippen LogP contribution >= 0.6 is 0 Å². The van der Waals surface area contributed by atoms with Crippen molar-refractivity contribution >= 4 is 17.3 Å². The first-order valence-electron chi connectivity index (χ1n) is 6.56. The number of methoxy groups -OCH3 is 1. The van der Waals surface area contributed by atoms with Crippen molar-refractivity contribution in [2.75, 3.05) is 51.1 Å². The Hall–Kier alpha value is -1.79. The van der Waals surface area contributed by atoms with Gasteiger partial charge in [-0.05, 0) is 25.1 Å². The Balaban J connectivity index is 2.46.